The average molecular weight is 1250 g/mol. The van der Waals surface area contributed by atoms with Crippen molar-refractivity contribution in [3.8, 4) is 23.0 Å². The van der Waals surface area contributed by atoms with Gasteiger partial charge >= 0.3 is 12.1 Å². The molecule has 0 radical (unpaired) electrons. The lowest BCUT2D eigenvalue weighted by Gasteiger charge is -2.39. The minimum absolute atomic E-state index is 0.283. The second-order valence-corrected chi connectivity index (χ2v) is 25.9. The van der Waals surface area contributed by atoms with Crippen LogP contribution in [-0.2, 0) is 54.1 Å². The SMILES string of the molecule is CCc1ccc(N(c2ccc(C)cc2)c2ccc(CCc3cc(C4(c5ccc(OC(=O)Oc6ccc(C(C)(CC)c7ccc(OC(C)=O)c(C)c7)cc6C)c(CCc6ccc(N(c7ccc(C)cc7)c7ccc(CC)cc7)cc6)c5)CCCCC4)ccc3OC)cc2)cc1. The van der Waals surface area contributed by atoms with E-state index in [1.165, 1.54) is 63.4 Å². The van der Waals surface area contributed by atoms with E-state index >= 15 is 0 Å². The van der Waals surface area contributed by atoms with Crippen LogP contribution in [0.5, 0.6) is 23.0 Å². The molecule has 1 fully saturated rings. The standard InChI is InChI=1S/C86H90N2O6/c1-11-64-23-41-76(42-24-64)87(74-37-17-59(4)18-38-74)78-45-27-66(28-46-78)21-31-68-57-72(35-51-82(68)91-10)86(53-15-14-16-54-86)73-36-52-83(94-84(90)93-81-50-34-71(56-62(81)7)85(9,13-3)70-33-49-80(61(6)55-70)92-63(8)89)69(58-73)32-22-67-29-47-79(48-30-67)88(75-39-19-60(5)20-40-75)77-43-25-65(12-2)26-44-77/h17-20,23-30,33-52,55-58H,11-16,21-22,31-32,53-54H2,1-10H3. The number of hydrogen-bond acceptors (Lipinski definition) is 8. The number of carbonyl (C=O) groups is 2. The van der Waals surface area contributed by atoms with Gasteiger partial charge < -0.3 is 28.7 Å². The smallest absolute Gasteiger partial charge is 0.496 e. The summed E-state index contributed by atoms with van der Waals surface area (Å²) in [4.78, 5) is 30.7. The summed E-state index contributed by atoms with van der Waals surface area (Å²) in [5, 5.41) is 0. The Bertz CT molecular complexity index is 4220. The fraction of sp³-hybridized carbons (Fsp3) is 0.279. The fourth-order valence-electron chi connectivity index (χ4n) is 13.7. The summed E-state index contributed by atoms with van der Waals surface area (Å²) >= 11 is 0. The molecule has 0 N–H and O–H groups in total. The van der Waals surface area contributed by atoms with Gasteiger partial charge in [0.05, 0.1) is 7.11 Å². The van der Waals surface area contributed by atoms with Gasteiger partial charge in [0.1, 0.15) is 23.0 Å². The first-order valence-electron chi connectivity index (χ1n) is 33.8. The van der Waals surface area contributed by atoms with E-state index in [0.717, 1.165) is 125 Å². The van der Waals surface area contributed by atoms with Gasteiger partial charge in [-0.2, -0.15) is 0 Å². The highest BCUT2D eigenvalue weighted by molar-refractivity contribution is 5.78. The van der Waals surface area contributed by atoms with Gasteiger partial charge in [0.15, 0.2) is 0 Å². The number of carbonyl (C=O) groups excluding carboxylic acids is 2. The van der Waals surface area contributed by atoms with Crippen molar-refractivity contribution in [1.82, 2.24) is 0 Å². The molecule has 1 saturated carbocycles. The van der Waals surface area contributed by atoms with E-state index < -0.39 is 6.16 Å². The zero-order valence-corrected chi connectivity index (χ0v) is 56.6. The first kappa shape index (κ1) is 65.8. The maximum atomic E-state index is 14.3. The highest BCUT2D eigenvalue weighted by Crippen LogP contribution is 2.48. The van der Waals surface area contributed by atoms with Crippen LogP contribution in [0.25, 0.3) is 0 Å². The first-order chi connectivity index (χ1) is 45.6. The Morgan fingerprint density at radius 3 is 1.16 bits per heavy atom. The molecule has 0 aliphatic heterocycles. The van der Waals surface area contributed by atoms with Crippen molar-refractivity contribution in [1.29, 1.82) is 0 Å². The maximum Gasteiger partial charge on any atom is 0.519 e. The van der Waals surface area contributed by atoms with Gasteiger partial charge in [-0.25, -0.2) is 4.79 Å². The summed E-state index contributed by atoms with van der Waals surface area (Å²) in [5.74, 6) is 2.01. The molecule has 10 aromatic carbocycles. The molecule has 0 spiro atoms. The molecule has 1 aliphatic carbocycles. The van der Waals surface area contributed by atoms with Crippen LogP contribution in [-0.4, -0.2) is 19.2 Å². The number of benzene rings is 10. The maximum absolute atomic E-state index is 14.3. The van der Waals surface area contributed by atoms with Gasteiger partial charge in [0, 0.05) is 51.9 Å². The third-order valence-corrected chi connectivity index (χ3v) is 19.7. The summed E-state index contributed by atoms with van der Waals surface area (Å²) < 4.78 is 24.1. The van der Waals surface area contributed by atoms with Crippen molar-refractivity contribution >= 4 is 46.2 Å². The predicted octanol–water partition coefficient (Wildman–Crippen LogP) is 22.0. The lowest BCUT2D eigenvalue weighted by atomic mass is 9.64. The lowest BCUT2D eigenvalue weighted by Crippen LogP contribution is -2.31. The van der Waals surface area contributed by atoms with Crippen LogP contribution in [0, 0.1) is 27.7 Å². The quantitative estimate of drug-likeness (QED) is 0.0356. The molecule has 8 nitrogen and oxygen atoms in total. The first-order valence-corrected chi connectivity index (χ1v) is 33.8. The van der Waals surface area contributed by atoms with Crippen molar-refractivity contribution < 1.29 is 28.5 Å². The second-order valence-electron chi connectivity index (χ2n) is 25.9. The van der Waals surface area contributed by atoms with Crippen molar-refractivity contribution in [2.24, 2.45) is 0 Å². The van der Waals surface area contributed by atoms with E-state index in [4.69, 9.17) is 18.9 Å². The normalized spacial score (nSPS) is 13.3. The number of nitrogens with zero attached hydrogens (tertiary/aromatic N) is 2. The van der Waals surface area contributed by atoms with E-state index in [2.05, 4.69) is 239 Å². The zero-order chi connectivity index (χ0) is 65.9. The third kappa shape index (κ3) is 14.9. The topological polar surface area (TPSA) is 77.5 Å². The Kier molecular flexibility index (Phi) is 20.7. The van der Waals surface area contributed by atoms with Crippen molar-refractivity contribution in [3.05, 3.63) is 296 Å². The molecule has 1 unspecified atom stereocenters. The minimum Gasteiger partial charge on any atom is -0.496 e. The number of aryl methyl sites for hydroxylation is 10. The number of rotatable bonds is 23. The van der Waals surface area contributed by atoms with E-state index in [9.17, 15) is 9.59 Å². The molecule has 11 rings (SSSR count). The van der Waals surface area contributed by atoms with Crippen LogP contribution < -0.4 is 28.7 Å². The molecule has 480 valence electrons. The number of hydrogen-bond donors (Lipinski definition) is 0. The molecule has 0 saturated heterocycles. The van der Waals surface area contributed by atoms with E-state index in [1.54, 1.807) is 7.11 Å². The molecule has 10 aromatic rings. The Hall–Kier alpha value is -9.66. The fourth-order valence-corrected chi connectivity index (χ4v) is 13.7. The van der Waals surface area contributed by atoms with Crippen LogP contribution in [0.2, 0.25) is 0 Å². The van der Waals surface area contributed by atoms with Crippen LogP contribution in [0.4, 0.5) is 38.9 Å². The summed E-state index contributed by atoms with van der Waals surface area (Å²) in [6.07, 6.45) is 10.4. The van der Waals surface area contributed by atoms with E-state index in [0.29, 0.717) is 30.1 Å². The monoisotopic (exact) mass is 1250 g/mol. The van der Waals surface area contributed by atoms with Crippen LogP contribution >= 0.6 is 0 Å². The summed E-state index contributed by atoms with van der Waals surface area (Å²) in [7, 11) is 1.78. The van der Waals surface area contributed by atoms with Gasteiger partial charge in [-0.05, 0) is 249 Å². The Morgan fingerprint density at radius 2 is 0.777 bits per heavy atom. The molecular weight excluding hydrogens is 1160 g/mol. The average Bonchev–Trinajstić information content (AvgIpc) is 0.786. The molecule has 1 atom stereocenters. The van der Waals surface area contributed by atoms with Gasteiger partial charge in [0.2, 0.25) is 0 Å². The summed E-state index contributed by atoms with van der Waals surface area (Å²) in [5.41, 5.74) is 22.0. The molecule has 8 heteroatoms. The molecule has 0 heterocycles. The lowest BCUT2D eigenvalue weighted by molar-refractivity contribution is -0.131. The highest BCUT2D eigenvalue weighted by Gasteiger charge is 2.37. The van der Waals surface area contributed by atoms with E-state index in [-0.39, 0.29) is 16.8 Å². The van der Waals surface area contributed by atoms with Crippen LogP contribution in [0.3, 0.4) is 0 Å². The highest BCUT2D eigenvalue weighted by atomic mass is 16.7. The summed E-state index contributed by atoms with van der Waals surface area (Å²) in [6.45, 7) is 18.3. The van der Waals surface area contributed by atoms with Crippen molar-refractivity contribution in [2.45, 2.75) is 150 Å². The Labute approximate surface area is 558 Å². The second kappa shape index (κ2) is 29.5. The molecule has 1 aliphatic rings. The van der Waals surface area contributed by atoms with Crippen molar-refractivity contribution in [3.63, 3.8) is 0 Å². The van der Waals surface area contributed by atoms with Gasteiger partial charge in [0.25, 0.3) is 0 Å². The molecule has 94 heavy (non-hydrogen) atoms. The Balaban J connectivity index is 0.885. The van der Waals surface area contributed by atoms with Gasteiger partial charge in [-0.1, -0.05) is 179 Å². The number of esters is 1. The van der Waals surface area contributed by atoms with Crippen LogP contribution in [0.15, 0.2) is 218 Å². The molecule has 0 aromatic heterocycles. The third-order valence-electron chi connectivity index (χ3n) is 19.7. The molecule has 0 amide bonds. The van der Waals surface area contributed by atoms with Gasteiger partial charge in [-0.3, -0.25) is 4.79 Å². The molecular formula is C86H90N2O6. The predicted molar refractivity (Wildman–Crippen MR) is 386 cm³/mol. The largest absolute Gasteiger partial charge is 0.519 e. The Morgan fingerprint density at radius 1 is 0.415 bits per heavy atom. The number of anilines is 6. The number of methoxy groups -OCH3 is 1. The van der Waals surface area contributed by atoms with Crippen molar-refractivity contribution in [2.75, 3.05) is 16.9 Å². The number of ether oxygens (including phenoxy) is 4. The minimum atomic E-state index is -0.792. The summed E-state index contributed by atoms with van der Waals surface area (Å²) in [6, 6.07) is 78.5. The molecule has 0 bridgehead atoms. The zero-order valence-electron chi connectivity index (χ0n) is 56.6. The van der Waals surface area contributed by atoms with E-state index in [1.807, 2.05) is 44.2 Å². The van der Waals surface area contributed by atoms with Gasteiger partial charge in [-0.15, -0.1) is 0 Å². The van der Waals surface area contributed by atoms with Crippen LogP contribution in [0.1, 0.15) is 151 Å².